The van der Waals surface area contributed by atoms with E-state index < -0.39 is 5.60 Å². The minimum absolute atomic E-state index is 0.122. The van der Waals surface area contributed by atoms with Gasteiger partial charge in [-0.2, -0.15) is 0 Å². The van der Waals surface area contributed by atoms with E-state index in [1.165, 1.54) is 11.1 Å². The number of aryl methyl sites for hydroxylation is 1. The van der Waals surface area contributed by atoms with Crippen LogP contribution >= 0.6 is 0 Å². The minimum Gasteiger partial charge on any atom is -0.460 e. The Kier molecular flexibility index (Phi) is 3.93. The van der Waals surface area contributed by atoms with E-state index in [-0.39, 0.29) is 5.97 Å². The van der Waals surface area contributed by atoms with Crippen LogP contribution in [-0.2, 0) is 16.0 Å². The van der Waals surface area contributed by atoms with Crippen LogP contribution in [0.4, 0.5) is 0 Å². The molecule has 2 rings (SSSR count). The zero-order valence-corrected chi connectivity index (χ0v) is 11.8. The molecular weight excluding hydrogens is 238 g/mol. The molecule has 102 valence electrons. The Bertz CT molecular complexity index is 530. The number of nitrogens with one attached hydrogen (secondary N) is 1. The molecule has 0 unspecified atom stereocenters. The molecule has 1 aromatic heterocycles. The molecule has 1 N–H and O–H groups in total. The van der Waals surface area contributed by atoms with Crippen LogP contribution in [0.25, 0.3) is 10.9 Å². The zero-order chi connectivity index (χ0) is 13.9. The number of aromatic amines is 1. The average Bonchev–Trinajstić information content (AvgIpc) is 2.68. The fourth-order valence-corrected chi connectivity index (χ4v) is 2.08. The summed E-state index contributed by atoms with van der Waals surface area (Å²) in [6, 6.07) is 10.3. The molecule has 0 saturated carbocycles. The van der Waals surface area contributed by atoms with Crippen molar-refractivity contribution in [3.05, 3.63) is 36.0 Å². The van der Waals surface area contributed by atoms with Gasteiger partial charge < -0.3 is 9.72 Å². The summed E-state index contributed by atoms with van der Waals surface area (Å²) in [7, 11) is 0. The van der Waals surface area contributed by atoms with Gasteiger partial charge in [0.1, 0.15) is 5.60 Å². The molecule has 0 spiro atoms. The number of hydrogen-bond acceptors (Lipinski definition) is 2. The summed E-state index contributed by atoms with van der Waals surface area (Å²) in [6.07, 6.45) is 2.14. The van der Waals surface area contributed by atoms with Gasteiger partial charge in [-0.05, 0) is 51.1 Å². The molecule has 1 heterocycles. The van der Waals surface area contributed by atoms with Crippen molar-refractivity contribution < 1.29 is 9.53 Å². The fraction of sp³-hybridized carbons (Fsp3) is 0.438. The Balaban J connectivity index is 1.84. The maximum Gasteiger partial charge on any atom is 0.306 e. The van der Waals surface area contributed by atoms with E-state index >= 15 is 0 Å². The van der Waals surface area contributed by atoms with E-state index in [1.54, 1.807) is 0 Å². The summed E-state index contributed by atoms with van der Waals surface area (Å²) >= 11 is 0. The van der Waals surface area contributed by atoms with Crippen LogP contribution in [0, 0.1) is 0 Å². The largest absolute Gasteiger partial charge is 0.460 e. The lowest BCUT2D eigenvalue weighted by atomic mass is 10.1. The average molecular weight is 259 g/mol. The molecule has 19 heavy (non-hydrogen) atoms. The summed E-state index contributed by atoms with van der Waals surface area (Å²) in [5.41, 5.74) is 1.93. The highest BCUT2D eigenvalue weighted by molar-refractivity contribution is 5.80. The van der Waals surface area contributed by atoms with Crippen molar-refractivity contribution in [2.24, 2.45) is 0 Å². The van der Waals surface area contributed by atoms with Crippen LogP contribution < -0.4 is 0 Å². The van der Waals surface area contributed by atoms with Gasteiger partial charge in [0.25, 0.3) is 0 Å². The third-order valence-electron chi connectivity index (χ3n) is 2.83. The van der Waals surface area contributed by atoms with Crippen molar-refractivity contribution in [1.82, 2.24) is 4.98 Å². The topological polar surface area (TPSA) is 42.1 Å². The molecule has 0 aliphatic heterocycles. The van der Waals surface area contributed by atoms with Gasteiger partial charge in [-0.25, -0.2) is 0 Å². The molecule has 0 aliphatic rings. The van der Waals surface area contributed by atoms with Crippen LogP contribution in [0.3, 0.4) is 0 Å². The molecule has 3 nitrogen and oxygen atoms in total. The normalized spacial score (nSPS) is 11.7. The first kappa shape index (κ1) is 13.7. The smallest absolute Gasteiger partial charge is 0.306 e. The highest BCUT2D eigenvalue weighted by Crippen LogP contribution is 2.16. The van der Waals surface area contributed by atoms with Crippen LogP contribution in [0.5, 0.6) is 0 Å². The molecule has 0 atom stereocenters. The Morgan fingerprint density at radius 3 is 2.68 bits per heavy atom. The SMILES string of the molecule is CC(C)(C)OC(=O)CCCc1cc2ccccc2[nH]1. The van der Waals surface area contributed by atoms with E-state index in [2.05, 4.69) is 23.2 Å². The van der Waals surface area contributed by atoms with Gasteiger partial charge in [0.05, 0.1) is 0 Å². The molecule has 0 amide bonds. The molecular formula is C16H21NO2. The number of aromatic nitrogens is 1. The van der Waals surface area contributed by atoms with E-state index in [1.807, 2.05) is 32.9 Å². The van der Waals surface area contributed by atoms with Crippen molar-refractivity contribution in [1.29, 1.82) is 0 Å². The zero-order valence-electron chi connectivity index (χ0n) is 11.8. The number of hydrogen-bond donors (Lipinski definition) is 1. The van der Waals surface area contributed by atoms with E-state index in [9.17, 15) is 4.79 Å². The van der Waals surface area contributed by atoms with E-state index in [0.717, 1.165) is 18.4 Å². The number of ether oxygens (including phenoxy) is 1. The number of carbonyl (C=O) groups is 1. The van der Waals surface area contributed by atoms with Crippen molar-refractivity contribution >= 4 is 16.9 Å². The summed E-state index contributed by atoms with van der Waals surface area (Å²) < 4.78 is 5.29. The second-order valence-corrected chi connectivity index (χ2v) is 5.82. The van der Waals surface area contributed by atoms with Gasteiger partial charge in [-0.15, -0.1) is 0 Å². The Morgan fingerprint density at radius 2 is 2.00 bits per heavy atom. The third-order valence-corrected chi connectivity index (χ3v) is 2.83. The quantitative estimate of drug-likeness (QED) is 0.848. The Morgan fingerprint density at radius 1 is 1.26 bits per heavy atom. The van der Waals surface area contributed by atoms with Crippen molar-refractivity contribution in [2.45, 2.75) is 45.6 Å². The number of para-hydroxylation sites is 1. The van der Waals surface area contributed by atoms with Crippen molar-refractivity contribution in [3.63, 3.8) is 0 Å². The number of rotatable bonds is 4. The molecule has 0 radical (unpaired) electrons. The van der Waals surface area contributed by atoms with Crippen molar-refractivity contribution in [2.75, 3.05) is 0 Å². The van der Waals surface area contributed by atoms with Gasteiger partial charge in [0, 0.05) is 17.6 Å². The lowest BCUT2D eigenvalue weighted by Crippen LogP contribution is -2.23. The standard InChI is InChI=1S/C16H21NO2/c1-16(2,3)19-15(18)10-6-8-13-11-12-7-4-5-9-14(12)17-13/h4-5,7,9,11,17H,6,8,10H2,1-3H3. The van der Waals surface area contributed by atoms with Gasteiger partial charge in [-0.1, -0.05) is 18.2 Å². The van der Waals surface area contributed by atoms with Crippen molar-refractivity contribution in [3.8, 4) is 0 Å². The Hall–Kier alpha value is -1.77. The number of carbonyl (C=O) groups excluding carboxylic acids is 1. The molecule has 3 heteroatoms. The first-order valence-electron chi connectivity index (χ1n) is 6.72. The number of fused-ring (bicyclic) bond motifs is 1. The molecule has 2 aromatic rings. The maximum absolute atomic E-state index is 11.6. The highest BCUT2D eigenvalue weighted by atomic mass is 16.6. The molecule has 0 saturated heterocycles. The fourth-order valence-electron chi connectivity index (χ4n) is 2.08. The minimum atomic E-state index is -0.391. The van der Waals surface area contributed by atoms with Gasteiger partial charge in [0.15, 0.2) is 0 Å². The van der Waals surface area contributed by atoms with Gasteiger partial charge >= 0.3 is 5.97 Å². The summed E-state index contributed by atoms with van der Waals surface area (Å²) in [6.45, 7) is 5.67. The van der Waals surface area contributed by atoms with Crippen LogP contribution in [0.15, 0.2) is 30.3 Å². The molecule has 0 bridgehead atoms. The highest BCUT2D eigenvalue weighted by Gasteiger charge is 2.15. The lowest BCUT2D eigenvalue weighted by Gasteiger charge is -2.19. The molecule has 1 aromatic carbocycles. The third kappa shape index (κ3) is 4.12. The molecule has 0 aliphatic carbocycles. The Labute approximate surface area is 114 Å². The van der Waals surface area contributed by atoms with Crippen LogP contribution in [-0.4, -0.2) is 16.6 Å². The van der Waals surface area contributed by atoms with E-state index in [4.69, 9.17) is 4.74 Å². The van der Waals surface area contributed by atoms with Crippen LogP contribution in [0.1, 0.15) is 39.3 Å². The van der Waals surface area contributed by atoms with Crippen LogP contribution in [0.2, 0.25) is 0 Å². The predicted octanol–water partition coefficient (Wildman–Crippen LogP) is 3.83. The summed E-state index contributed by atoms with van der Waals surface area (Å²) in [4.78, 5) is 15.0. The van der Waals surface area contributed by atoms with E-state index in [0.29, 0.717) is 6.42 Å². The first-order chi connectivity index (χ1) is 8.94. The second kappa shape index (κ2) is 5.47. The van der Waals surface area contributed by atoms with Gasteiger partial charge in [-0.3, -0.25) is 4.79 Å². The second-order valence-electron chi connectivity index (χ2n) is 5.82. The van der Waals surface area contributed by atoms with Gasteiger partial charge in [0.2, 0.25) is 0 Å². The first-order valence-corrected chi connectivity index (χ1v) is 6.72. The molecule has 0 fully saturated rings. The number of H-pyrrole nitrogens is 1. The number of esters is 1. The maximum atomic E-state index is 11.6. The monoisotopic (exact) mass is 259 g/mol. The summed E-state index contributed by atoms with van der Waals surface area (Å²) in [5.74, 6) is -0.122. The summed E-state index contributed by atoms with van der Waals surface area (Å²) in [5, 5.41) is 1.22. The number of benzene rings is 1. The predicted molar refractivity (Wildman–Crippen MR) is 77.1 cm³/mol. The lowest BCUT2D eigenvalue weighted by molar-refractivity contribution is -0.154.